The molecule has 1 saturated heterocycles. The standard InChI is InChI=1S/C20H33FN4.HI/c1-4-22-20(24-15-18-6-7-19(21)16(3)14-18)23-11-8-17-9-12-25(5-2)13-10-17;/h6-7,14,17H,4-5,8-13,15H2,1-3H3,(H2,22,23,24);1H. The molecule has 0 spiro atoms. The number of rotatable bonds is 7. The monoisotopic (exact) mass is 476 g/mol. The van der Waals surface area contributed by atoms with Crippen LogP contribution in [0.15, 0.2) is 23.2 Å². The molecule has 0 saturated carbocycles. The molecule has 1 fully saturated rings. The SMILES string of the molecule is CCNC(=NCc1ccc(F)c(C)c1)NCCC1CCN(CC)CC1.I. The first-order valence-electron chi connectivity index (χ1n) is 9.62. The third-order valence-electron chi connectivity index (χ3n) is 4.99. The summed E-state index contributed by atoms with van der Waals surface area (Å²) in [6, 6.07) is 5.18. The van der Waals surface area contributed by atoms with E-state index < -0.39 is 0 Å². The van der Waals surface area contributed by atoms with Gasteiger partial charge in [-0.3, -0.25) is 0 Å². The normalized spacial score (nSPS) is 16.2. The van der Waals surface area contributed by atoms with Gasteiger partial charge < -0.3 is 15.5 Å². The Balaban J connectivity index is 0.00000338. The van der Waals surface area contributed by atoms with Crippen LogP contribution in [0.1, 0.15) is 44.2 Å². The molecule has 0 unspecified atom stereocenters. The van der Waals surface area contributed by atoms with E-state index in [1.807, 2.05) is 6.07 Å². The minimum atomic E-state index is -0.160. The molecule has 0 radical (unpaired) electrons. The number of likely N-dealkylation sites (tertiary alicyclic amines) is 1. The molecule has 0 aliphatic carbocycles. The van der Waals surface area contributed by atoms with Crippen LogP contribution in [0.5, 0.6) is 0 Å². The number of guanidine groups is 1. The van der Waals surface area contributed by atoms with E-state index in [0.29, 0.717) is 12.1 Å². The summed E-state index contributed by atoms with van der Waals surface area (Å²) in [6.45, 7) is 12.1. The van der Waals surface area contributed by atoms with E-state index in [4.69, 9.17) is 0 Å². The smallest absolute Gasteiger partial charge is 0.191 e. The van der Waals surface area contributed by atoms with Gasteiger partial charge in [-0.15, -0.1) is 24.0 Å². The largest absolute Gasteiger partial charge is 0.357 e. The fraction of sp³-hybridized carbons (Fsp3) is 0.650. The van der Waals surface area contributed by atoms with Crippen LogP contribution in [0.25, 0.3) is 0 Å². The van der Waals surface area contributed by atoms with Gasteiger partial charge >= 0.3 is 0 Å². The topological polar surface area (TPSA) is 39.7 Å². The third-order valence-corrected chi connectivity index (χ3v) is 4.99. The van der Waals surface area contributed by atoms with Crippen LogP contribution in [0.4, 0.5) is 4.39 Å². The molecule has 1 heterocycles. The highest BCUT2D eigenvalue weighted by atomic mass is 127. The maximum absolute atomic E-state index is 13.3. The van der Waals surface area contributed by atoms with Crippen LogP contribution in [0.2, 0.25) is 0 Å². The zero-order valence-corrected chi connectivity index (χ0v) is 18.7. The zero-order chi connectivity index (χ0) is 18.1. The summed E-state index contributed by atoms with van der Waals surface area (Å²) < 4.78 is 13.3. The van der Waals surface area contributed by atoms with Crippen molar-refractivity contribution < 1.29 is 4.39 Å². The third kappa shape index (κ3) is 7.78. The van der Waals surface area contributed by atoms with E-state index in [0.717, 1.165) is 30.5 Å². The van der Waals surface area contributed by atoms with Crippen LogP contribution in [0.3, 0.4) is 0 Å². The quantitative estimate of drug-likeness (QED) is 0.356. The van der Waals surface area contributed by atoms with Gasteiger partial charge in [0.25, 0.3) is 0 Å². The predicted molar refractivity (Wildman–Crippen MR) is 119 cm³/mol. The number of aryl methyl sites for hydroxylation is 1. The minimum Gasteiger partial charge on any atom is -0.357 e. The highest BCUT2D eigenvalue weighted by Crippen LogP contribution is 2.19. The molecular formula is C20H34FIN4. The molecule has 2 rings (SSSR count). The fourth-order valence-corrected chi connectivity index (χ4v) is 3.30. The number of benzene rings is 1. The Kier molecular flexibility index (Phi) is 11.1. The van der Waals surface area contributed by atoms with E-state index >= 15 is 0 Å². The first-order chi connectivity index (χ1) is 12.1. The van der Waals surface area contributed by atoms with Crippen molar-refractivity contribution in [3.8, 4) is 0 Å². The molecule has 1 aliphatic rings. The highest BCUT2D eigenvalue weighted by Gasteiger charge is 2.17. The summed E-state index contributed by atoms with van der Waals surface area (Å²) in [7, 11) is 0. The lowest BCUT2D eigenvalue weighted by Gasteiger charge is -2.31. The Morgan fingerprint density at radius 2 is 1.96 bits per heavy atom. The first-order valence-corrected chi connectivity index (χ1v) is 9.62. The Morgan fingerprint density at radius 3 is 2.58 bits per heavy atom. The summed E-state index contributed by atoms with van der Waals surface area (Å²) in [5, 5.41) is 6.73. The van der Waals surface area contributed by atoms with E-state index in [1.165, 1.54) is 45.0 Å². The lowest BCUT2D eigenvalue weighted by molar-refractivity contribution is 0.187. The molecule has 1 aromatic rings. The van der Waals surface area contributed by atoms with E-state index in [1.54, 1.807) is 13.0 Å². The number of piperidine rings is 1. The van der Waals surface area contributed by atoms with E-state index in [9.17, 15) is 4.39 Å². The van der Waals surface area contributed by atoms with E-state index in [-0.39, 0.29) is 29.8 Å². The van der Waals surface area contributed by atoms with Gasteiger partial charge in [0, 0.05) is 13.1 Å². The van der Waals surface area contributed by atoms with Gasteiger partial charge in [-0.1, -0.05) is 19.1 Å². The van der Waals surface area contributed by atoms with Gasteiger partial charge in [0.2, 0.25) is 0 Å². The Hall–Kier alpha value is -0.890. The average Bonchev–Trinajstić information content (AvgIpc) is 2.63. The Labute approximate surface area is 175 Å². The van der Waals surface area contributed by atoms with Gasteiger partial charge in [-0.05, 0) is 75.9 Å². The van der Waals surface area contributed by atoms with Crippen molar-refractivity contribution in [3.63, 3.8) is 0 Å². The number of nitrogens with zero attached hydrogens (tertiary/aromatic N) is 2. The summed E-state index contributed by atoms with van der Waals surface area (Å²) in [5.74, 6) is 1.50. The molecule has 6 heteroatoms. The van der Waals surface area contributed by atoms with Gasteiger partial charge in [0.1, 0.15) is 5.82 Å². The maximum atomic E-state index is 13.3. The van der Waals surface area contributed by atoms with Crippen molar-refractivity contribution in [2.75, 3.05) is 32.7 Å². The van der Waals surface area contributed by atoms with Crippen LogP contribution >= 0.6 is 24.0 Å². The van der Waals surface area contributed by atoms with Crippen molar-refractivity contribution in [3.05, 3.63) is 35.1 Å². The summed E-state index contributed by atoms with van der Waals surface area (Å²) in [6.07, 6.45) is 3.80. The number of hydrogen-bond donors (Lipinski definition) is 2. The lowest BCUT2D eigenvalue weighted by Crippen LogP contribution is -2.39. The number of halogens is 2. The number of hydrogen-bond acceptors (Lipinski definition) is 2. The molecule has 26 heavy (non-hydrogen) atoms. The van der Waals surface area contributed by atoms with Crippen LogP contribution in [-0.4, -0.2) is 43.6 Å². The molecular weight excluding hydrogens is 442 g/mol. The fourth-order valence-electron chi connectivity index (χ4n) is 3.30. The van der Waals surface area contributed by atoms with Crippen LogP contribution in [0, 0.1) is 18.7 Å². The van der Waals surface area contributed by atoms with Crippen molar-refractivity contribution in [2.45, 2.75) is 46.6 Å². The second kappa shape index (κ2) is 12.5. The van der Waals surface area contributed by atoms with Crippen molar-refractivity contribution >= 4 is 29.9 Å². The molecule has 0 atom stereocenters. The molecule has 1 aliphatic heterocycles. The van der Waals surface area contributed by atoms with Gasteiger partial charge in [-0.2, -0.15) is 0 Å². The van der Waals surface area contributed by atoms with Gasteiger partial charge in [0.15, 0.2) is 5.96 Å². The van der Waals surface area contributed by atoms with Gasteiger partial charge in [0.05, 0.1) is 6.54 Å². The molecule has 4 nitrogen and oxygen atoms in total. The van der Waals surface area contributed by atoms with Crippen LogP contribution < -0.4 is 10.6 Å². The predicted octanol–water partition coefficient (Wildman–Crippen LogP) is 3.93. The van der Waals surface area contributed by atoms with Crippen molar-refractivity contribution in [2.24, 2.45) is 10.9 Å². The molecule has 148 valence electrons. The lowest BCUT2D eigenvalue weighted by atomic mass is 9.93. The second-order valence-corrected chi connectivity index (χ2v) is 6.87. The molecule has 0 bridgehead atoms. The summed E-state index contributed by atoms with van der Waals surface area (Å²) in [4.78, 5) is 7.15. The second-order valence-electron chi connectivity index (χ2n) is 6.87. The van der Waals surface area contributed by atoms with Crippen molar-refractivity contribution in [1.29, 1.82) is 0 Å². The molecule has 0 amide bonds. The number of aliphatic imine (C=N–C) groups is 1. The Bertz CT molecular complexity index is 557. The number of nitrogens with one attached hydrogen (secondary N) is 2. The Morgan fingerprint density at radius 1 is 1.23 bits per heavy atom. The first kappa shape index (κ1) is 23.1. The summed E-state index contributed by atoms with van der Waals surface area (Å²) in [5.41, 5.74) is 1.70. The van der Waals surface area contributed by atoms with E-state index in [2.05, 4.69) is 34.4 Å². The van der Waals surface area contributed by atoms with Crippen LogP contribution in [-0.2, 0) is 6.54 Å². The highest BCUT2D eigenvalue weighted by molar-refractivity contribution is 14.0. The molecule has 0 aromatic heterocycles. The van der Waals surface area contributed by atoms with Gasteiger partial charge in [-0.25, -0.2) is 9.38 Å². The minimum absolute atomic E-state index is 0. The van der Waals surface area contributed by atoms with Crippen molar-refractivity contribution in [1.82, 2.24) is 15.5 Å². The molecule has 1 aromatic carbocycles. The summed E-state index contributed by atoms with van der Waals surface area (Å²) >= 11 is 0. The maximum Gasteiger partial charge on any atom is 0.191 e. The zero-order valence-electron chi connectivity index (χ0n) is 16.4. The average molecular weight is 476 g/mol. The molecule has 2 N–H and O–H groups in total.